The molecule has 3 heteroatoms. The van der Waals surface area contributed by atoms with Crippen molar-refractivity contribution in [1.29, 1.82) is 0 Å². The summed E-state index contributed by atoms with van der Waals surface area (Å²) in [6.07, 6.45) is 0. The average Bonchev–Trinajstić information content (AvgIpc) is 1.96. The van der Waals surface area contributed by atoms with Crippen LogP contribution in [0.3, 0.4) is 0 Å². The highest BCUT2D eigenvalue weighted by Gasteiger charge is 2.23. The third-order valence-electron chi connectivity index (χ3n) is 2.37. The summed E-state index contributed by atoms with van der Waals surface area (Å²) in [4.78, 5) is 1.91. The molecular weight excluding hydrogens is 208 g/mol. The van der Waals surface area contributed by atoms with Crippen molar-refractivity contribution in [3.63, 3.8) is 0 Å². The zero-order valence-corrected chi connectivity index (χ0v) is 10.6. The maximum Gasteiger partial charge on any atom is 0.130 e. The smallest absolute Gasteiger partial charge is 0.130 e. The van der Waals surface area contributed by atoms with Gasteiger partial charge in [0.1, 0.15) is 11.6 Å². The van der Waals surface area contributed by atoms with E-state index in [0.29, 0.717) is 12.1 Å². The van der Waals surface area contributed by atoms with Crippen molar-refractivity contribution in [3.8, 4) is 0 Å². The van der Waals surface area contributed by atoms with Crippen molar-refractivity contribution in [1.82, 2.24) is 4.90 Å². The van der Waals surface area contributed by atoms with E-state index >= 15 is 0 Å². The first-order valence-electron chi connectivity index (χ1n) is 5.35. The first-order valence-corrected chi connectivity index (χ1v) is 5.35. The molecule has 0 saturated carbocycles. The average molecular weight is 227 g/mol. The van der Waals surface area contributed by atoms with Crippen LogP contribution < -0.4 is 0 Å². The molecule has 0 amide bonds. The van der Waals surface area contributed by atoms with Crippen LogP contribution >= 0.6 is 0 Å². The van der Waals surface area contributed by atoms with E-state index in [1.807, 2.05) is 39.8 Å². The van der Waals surface area contributed by atoms with E-state index in [4.69, 9.17) is 0 Å². The minimum atomic E-state index is -0.512. The van der Waals surface area contributed by atoms with Gasteiger partial charge < -0.3 is 4.90 Å². The molecule has 16 heavy (non-hydrogen) atoms. The van der Waals surface area contributed by atoms with Crippen molar-refractivity contribution >= 4 is 0 Å². The molecule has 90 valence electrons. The Kier molecular flexibility index (Phi) is 3.68. The minimum absolute atomic E-state index is 0.316. The lowest BCUT2D eigenvalue weighted by Crippen LogP contribution is -2.21. The van der Waals surface area contributed by atoms with Gasteiger partial charge >= 0.3 is 0 Å². The Bertz CT molecular complexity index is 378. The third kappa shape index (κ3) is 3.01. The molecule has 0 N–H and O–H groups in total. The second-order valence-corrected chi connectivity index (χ2v) is 5.41. The molecule has 0 fully saturated rings. The monoisotopic (exact) mass is 227 g/mol. The molecule has 0 radical (unpaired) electrons. The lowest BCUT2D eigenvalue weighted by molar-refractivity contribution is 0.391. The second kappa shape index (κ2) is 4.50. The van der Waals surface area contributed by atoms with Crippen LogP contribution in [-0.2, 0) is 12.0 Å². The molecule has 1 aromatic rings. The normalized spacial score (nSPS) is 12.2. The fourth-order valence-electron chi connectivity index (χ4n) is 1.93. The van der Waals surface area contributed by atoms with Crippen LogP contribution in [0, 0.1) is 11.6 Å². The predicted octanol–water partition coefficient (Wildman–Crippen LogP) is 3.32. The van der Waals surface area contributed by atoms with Gasteiger partial charge in [-0.2, -0.15) is 0 Å². The van der Waals surface area contributed by atoms with Gasteiger partial charge in [0.15, 0.2) is 0 Å². The Hall–Kier alpha value is -0.960. The summed E-state index contributed by atoms with van der Waals surface area (Å²) in [7, 11) is 3.77. The van der Waals surface area contributed by atoms with Crippen LogP contribution in [0.2, 0.25) is 0 Å². The van der Waals surface area contributed by atoms with Crippen molar-refractivity contribution in [3.05, 3.63) is 34.9 Å². The summed E-state index contributed by atoms with van der Waals surface area (Å²) in [6, 6.07) is 2.38. The summed E-state index contributed by atoms with van der Waals surface area (Å²) in [5.41, 5.74) is 1.00. The Labute approximate surface area is 96.1 Å². The molecule has 0 aliphatic carbocycles. The van der Waals surface area contributed by atoms with Crippen LogP contribution in [0.5, 0.6) is 0 Å². The second-order valence-electron chi connectivity index (χ2n) is 5.41. The fraction of sp³-hybridized carbons (Fsp3) is 0.538. The Balaban J connectivity index is 3.33. The lowest BCUT2D eigenvalue weighted by atomic mass is 9.83. The van der Waals surface area contributed by atoms with Crippen molar-refractivity contribution < 1.29 is 8.78 Å². The molecule has 1 aromatic carbocycles. The molecule has 1 nitrogen and oxygen atoms in total. The van der Waals surface area contributed by atoms with Gasteiger partial charge in [0, 0.05) is 12.6 Å². The summed E-state index contributed by atoms with van der Waals surface area (Å²) >= 11 is 0. The number of halogens is 2. The van der Waals surface area contributed by atoms with Crippen molar-refractivity contribution in [2.24, 2.45) is 0 Å². The minimum Gasteiger partial charge on any atom is -0.305 e. The van der Waals surface area contributed by atoms with E-state index in [-0.39, 0.29) is 5.41 Å². The van der Waals surface area contributed by atoms with Gasteiger partial charge in [-0.3, -0.25) is 0 Å². The quantitative estimate of drug-likeness (QED) is 0.749. The number of rotatable bonds is 2. The van der Waals surface area contributed by atoms with Gasteiger partial charge in [-0.05, 0) is 36.7 Å². The van der Waals surface area contributed by atoms with E-state index in [0.717, 1.165) is 11.6 Å². The first kappa shape index (κ1) is 13.1. The van der Waals surface area contributed by atoms with Gasteiger partial charge in [-0.25, -0.2) is 8.78 Å². The van der Waals surface area contributed by atoms with Crippen LogP contribution in [-0.4, -0.2) is 19.0 Å². The standard InChI is InChI=1S/C13H19F2N/c1-13(2,3)12-9(8-16(4)5)6-10(14)7-11(12)15/h6-7H,8H2,1-5H3. The van der Waals surface area contributed by atoms with Crippen LogP contribution in [0.15, 0.2) is 12.1 Å². The van der Waals surface area contributed by atoms with Gasteiger partial charge in [0.2, 0.25) is 0 Å². The fourth-order valence-corrected chi connectivity index (χ4v) is 1.93. The van der Waals surface area contributed by atoms with E-state index in [1.54, 1.807) is 0 Å². The van der Waals surface area contributed by atoms with E-state index in [2.05, 4.69) is 0 Å². The summed E-state index contributed by atoms with van der Waals surface area (Å²) in [6.45, 7) is 6.34. The van der Waals surface area contributed by atoms with Crippen LogP contribution in [0.1, 0.15) is 31.9 Å². The van der Waals surface area contributed by atoms with Crippen molar-refractivity contribution in [2.45, 2.75) is 32.7 Å². The molecule has 0 aromatic heterocycles. The number of benzene rings is 1. The largest absolute Gasteiger partial charge is 0.305 e. The number of hydrogen-bond acceptors (Lipinski definition) is 1. The molecule has 0 heterocycles. The van der Waals surface area contributed by atoms with Crippen LogP contribution in [0.4, 0.5) is 8.78 Å². The number of nitrogens with zero attached hydrogens (tertiary/aromatic N) is 1. The maximum absolute atomic E-state index is 13.8. The molecule has 0 aliphatic heterocycles. The molecule has 0 saturated heterocycles. The maximum atomic E-state index is 13.8. The third-order valence-corrected chi connectivity index (χ3v) is 2.37. The molecule has 1 rings (SSSR count). The van der Waals surface area contributed by atoms with Gasteiger partial charge in [-0.15, -0.1) is 0 Å². The van der Waals surface area contributed by atoms with E-state index in [1.165, 1.54) is 6.07 Å². The van der Waals surface area contributed by atoms with Gasteiger partial charge in [0.25, 0.3) is 0 Å². The van der Waals surface area contributed by atoms with Gasteiger partial charge in [0.05, 0.1) is 0 Å². The lowest BCUT2D eigenvalue weighted by Gasteiger charge is -2.25. The summed E-state index contributed by atoms with van der Waals surface area (Å²) in [5, 5.41) is 0. The molecule has 0 atom stereocenters. The Morgan fingerprint density at radius 2 is 1.69 bits per heavy atom. The molecule has 0 aliphatic rings. The topological polar surface area (TPSA) is 3.24 Å². The summed E-state index contributed by atoms with van der Waals surface area (Å²) < 4.78 is 27.0. The molecule has 0 unspecified atom stereocenters. The van der Waals surface area contributed by atoms with E-state index < -0.39 is 11.6 Å². The van der Waals surface area contributed by atoms with Crippen molar-refractivity contribution in [2.75, 3.05) is 14.1 Å². The molecule has 0 bridgehead atoms. The Morgan fingerprint density at radius 1 is 1.12 bits per heavy atom. The highest BCUT2D eigenvalue weighted by Crippen LogP contribution is 2.30. The van der Waals surface area contributed by atoms with Crippen LogP contribution in [0.25, 0.3) is 0 Å². The zero-order chi connectivity index (χ0) is 12.5. The highest BCUT2D eigenvalue weighted by atomic mass is 19.1. The number of hydrogen-bond donors (Lipinski definition) is 0. The molecular formula is C13H19F2N. The predicted molar refractivity (Wildman–Crippen MR) is 62.4 cm³/mol. The Morgan fingerprint density at radius 3 is 2.12 bits per heavy atom. The first-order chi connectivity index (χ1) is 7.21. The highest BCUT2D eigenvalue weighted by molar-refractivity contribution is 5.34. The zero-order valence-electron chi connectivity index (χ0n) is 10.6. The summed E-state index contributed by atoms with van der Waals surface area (Å²) in [5.74, 6) is -0.966. The SMILES string of the molecule is CN(C)Cc1cc(F)cc(F)c1C(C)(C)C. The molecule has 0 spiro atoms. The van der Waals surface area contributed by atoms with E-state index in [9.17, 15) is 8.78 Å². The van der Waals surface area contributed by atoms with Gasteiger partial charge in [-0.1, -0.05) is 20.8 Å².